The molecule has 0 radical (unpaired) electrons. The second-order valence-corrected chi connectivity index (χ2v) is 6.84. The first-order chi connectivity index (χ1) is 11.8. The lowest BCUT2D eigenvalue weighted by Gasteiger charge is -2.36. The number of hydrogen-bond acceptors (Lipinski definition) is 4. The Labute approximate surface area is 144 Å². The summed E-state index contributed by atoms with van der Waals surface area (Å²) >= 11 is 0. The molecule has 24 heavy (non-hydrogen) atoms. The molecule has 126 valence electrons. The van der Waals surface area contributed by atoms with E-state index in [2.05, 4.69) is 41.0 Å². The van der Waals surface area contributed by atoms with Crippen LogP contribution in [0.25, 0.3) is 11.4 Å². The van der Waals surface area contributed by atoms with Gasteiger partial charge in [0.15, 0.2) is 5.82 Å². The molecule has 1 aromatic heterocycles. The Hall–Kier alpha value is -1.94. The van der Waals surface area contributed by atoms with Gasteiger partial charge in [0, 0.05) is 43.0 Å². The Morgan fingerprint density at radius 3 is 2.50 bits per heavy atom. The average Bonchev–Trinajstić information content (AvgIpc) is 3.11. The quantitative estimate of drug-likeness (QED) is 0.865. The minimum Gasteiger partial charge on any atom is -0.354 e. The van der Waals surface area contributed by atoms with E-state index < -0.39 is 0 Å². The Bertz CT molecular complexity index is 690. The Morgan fingerprint density at radius 1 is 0.958 bits per heavy atom. The van der Waals surface area contributed by atoms with Crippen LogP contribution in [0.1, 0.15) is 31.0 Å². The molecular weight excluding hydrogens is 296 g/mol. The van der Waals surface area contributed by atoms with Gasteiger partial charge in [0.05, 0.1) is 0 Å². The maximum absolute atomic E-state index is 5.01. The predicted molar refractivity (Wildman–Crippen MR) is 98.4 cm³/mol. The first-order valence-corrected chi connectivity index (χ1v) is 9.27. The van der Waals surface area contributed by atoms with Gasteiger partial charge >= 0.3 is 0 Å². The van der Waals surface area contributed by atoms with Crippen molar-refractivity contribution in [2.24, 2.45) is 0 Å². The van der Waals surface area contributed by atoms with Gasteiger partial charge < -0.3 is 4.90 Å². The van der Waals surface area contributed by atoms with E-state index in [4.69, 9.17) is 9.97 Å². The van der Waals surface area contributed by atoms with Crippen molar-refractivity contribution in [1.29, 1.82) is 0 Å². The largest absolute Gasteiger partial charge is 0.354 e. The molecule has 0 N–H and O–H groups in total. The molecule has 0 saturated carbocycles. The number of nitrogens with zero attached hydrogens (tertiary/aromatic N) is 4. The van der Waals surface area contributed by atoms with Crippen molar-refractivity contribution in [2.45, 2.75) is 32.6 Å². The summed E-state index contributed by atoms with van der Waals surface area (Å²) in [4.78, 5) is 14.9. The summed E-state index contributed by atoms with van der Waals surface area (Å²) in [6.07, 6.45) is 4.68. The van der Waals surface area contributed by atoms with Crippen LogP contribution in [0, 0.1) is 0 Å². The molecule has 2 aromatic rings. The summed E-state index contributed by atoms with van der Waals surface area (Å²) in [7, 11) is 0. The minimum absolute atomic E-state index is 0.891. The Kier molecular flexibility index (Phi) is 4.48. The standard InChI is InChI=1S/C20H26N4/c1-2-11-23-12-14-24(15-13-23)20-17-9-6-10-18(17)21-19(22-20)16-7-4-3-5-8-16/h3-5,7-8H,2,6,9-15H2,1H3. The summed E-state index contributed by atoms with van der Waals surface area (Å²) in [6.45, 7) is 7.93. The van der Waals surface area contributed by atoms with Crippen molar-refractivity contribution < 1.29 is 0 Å². The number of benzene rings is 1. The van der Waals surface area contributed by atoms with Gasteiger partial charge in [-0.1, -0.05) is 37.3 Å². The number of aromatic nitrogens is 2. The van der Waals surface area contributed by atoms with E-state index in [1.54, 1.807) is 0 Å². The number of anilines is 1. The van der Waals surface area contributed by atoms with E-state index in [0.717, 1.165) is 50.4 Å². The van der Waals surface area contributed by atoms with E-state index in [1.165, 1.54) is 36.5 Å². The van der Waals surface area contributed by atoms with Gasteiger partial charge in [0.25, 0.3) is 0 Å². The summed E-state index contributed by atoms with van der Waals surface area (Å²) in [5.74, 6) is 2.09. The van der Waals surface area contributed by atoms with Gasteiger partial charge in [-0.25, -0.2) is 9.97 Å². The van der Waals surface area contributed by atoms with Crippen LogP contribution in [0.5, 0.6) is 0 Å². The third kappa shape index (κ3) is 3.03. The van der Waals surface area contributed by atoms with Crippen LogP contribution in [-0.2, 0) is 12.8 Å². The van der Waals surface area contributed by atoms with Crippen LogP contribution in [-0.4, -0.2) is 47.6 Å². The molecule has 0 unspecified atom stereocenters. The monoisotopic (exact) mass is 322 g/mol. The summed E-state index contributed by atoms with van der Waals surface area (Å²) in [6, 6.07) is 10.4. The maximum Gasteiger partial charge on any atom is 0.161 e. The number of fused-ring (bicyclic) bond motifs is 1. The molecule has 2 aliphatic rings. The number of rotatable bonds is 4. The van der Waals surface area contributed by atoms with Crippen LogP contribution in [0.3, 0.4) is 0 Å². The number of hydrogen-bond donors (Lipinski definition) is 0. The third-order valence-corrected chi connectivity index (χ3v) is 5.15. The topological polar surface area (TPSA) is 32.3 Å². The molecule has 1 aliphatic carbocycles. The molecule has 4 rings (SSSR count). The normalized spacial score (nSPS) is 18.0. The highest BCUT2D eigenvalue weighted by atomic mass is 15.3. The van der Waals surface area contributed by atoms with E-state index in [-0.39, 0.29) is 0 Å². The fourth-order valence-corrected chi connectivity index (χ4v) is 3.89. The fraction of sp³-hybridized carbons (Fsp3) is 0.500. The zero-order chi connectivity index (χ0) is 16.4. The molecule has 2 heterocycles. The minimum atomic E-state index is 0.891. The van der Waals surface area contributed by atoms with Crippen molar-refractivity contribution in [3.8, 4) is 11.4 Å². The first kappa shape index (κ1) is 15.6. The van der Waals surface area contributed by atoms with Gasteiger partial charge in [-0.3, -0.25) is 4.90 Å². The Morgan fingerprint density at radius 2 is 1.75 bits per heavy atom. The molecular formula is C20H26N4. The van der Waals surface area contributed by atoms with Crippen molar-refractivity contribution >= 4 is 5.82 Å². The molecule has 4 heteroatoms. The fourth-order valence-electron chi connectivity index (χ4n) is 3.89. The third-order valence-electron chi connectivity index (χ3n) is 5.15. The van der Waals surface area contributed by atoms with Gasteiger partial charge in [-0.15, -0.1) is 0 Å². The second kappa shape index (κ2) is 6.89. The van der Waals surface area contributed by atoms with E-state index in [9.17, 15) is 0 Å². The molecule has 1 aromatic carbocycles. The predicted octanol–water partition coefficient (Wildman–Crippen LogP) is 3.16. The molecule has 0 bridgehead atoms. The maximum atomic E-state index is 5.01. The average molecular weight is 322 g/mol. The highest BCUT2D eigenvalue weighted by molar-refractivity contribution is 5.61. The van der Waals surface area contributed by atoms with E-state index in [0.29, 0.717) is 0 Å². The highest BCUT2D eigenvalue weighted by Crippen LogP contribution is 2.31. The highest BCUT2D eigenvalue weighted by Gasteiger charge is 2.25. The molecule has 0 amide bonds. The smallest absolute Gasteiger partial charge is 0.161 e. The molecule has 0 atom stereocenters. The molecule has 1 fully saturated rings. The lowest BCUT2D eigenvalue weighted by Crippen LogP contribution is -2.47. The van der Waals surface area contributed by atoms with Crippen LogP contribution >= 0.6 is 0 Å². The second-order valence-electron chi connectivity index (χ2n) is 6.84. The van der Waals surface area contributed by atoms with Gasteiger partial charge in [0.2, 0.25) is 0 Å². The van der Waals surface area contributed by atoms with Crippen LogP contribution < -0.4 is 4.90 Å². The molecule has 1 saturated heterocycles. The van der Waals surface area contributed by atoms with Gasteiger partial charge in [-0.2, -0.15) is 0 Å². The van der Waals surface area contributed by atoms with Gasteiger partial charge in [0.1, 0.15) is 5.82 Å². The first-order valence-electron chi connectivity index (χ1n) is 9.27. The van der Waals surface area contributed by atoms with E-state index >= 15 is 0 Å². The van der Waals surface area contributed by atoms with Crippen molar-refractivity contribution in [3.63, 3.8) is 0 Å². The van der Waals surface area contributed by atoms with E-state index in [1.807, 2.05) is 6.07 Å². The van der Waals surface area contributed by atoms with Crippen molar-refractivity contribution in [1.82, 2.24) is 14.9 Å². The van der Waals surface area contributed by atoms with Crippen LogP contribution in [0.15, 0.2) is 30.3 Å². The zero-order valence-corrected chi connectivity index (χ0v) is 14.5. The van der Waals surface area contributed by atoms with Crippen LogP contribution in [0.4, 0.5) is 5.82 Å². The zero-order valence-electron chi connectivity index (χ0n) is 14.5. The Balaban J connectivity index is 1.64. The molecule has 0 spiro atoms. The van der Waals surface area contributed by atoms with Gasteiger partial charge in [-0.05, 0) is 32.2 Å². The number of aryl methyl sites for hydroxylation is 1. The molecule has 1 aliphatic heterocycles. The summed E-state index contributed by atoms with van der Waals surface area (Å²) in [5, 5.41) is 0. The lowest BCUT2D eigenvalue weighted by molar-refractivity contribution is 0.258. The van der Waals surface area contributed by atoms with Crippen LogP contribution in [0.2, 0.25) is 0 Å². The summed E-state index contributed by atoms with van der Waals surface area (Å²) in [5.41, 5.74) is 3.80. The SMILES string of the molecule is CCCN1CCN(c2nc(-c3ccccc3)nc3c2CCC3)CC1. The number of piperazine rings is 1. The molecule has 4 nitrogen and oxygen atoms in total. The lowest BCUT2D eigenvalue weighted by atomic mass is 10.1. The van der Waals surface area contributed by atoms with Crippen molar-refractivity contribution in [2.75, 3.05) is 37.6 Å². The summed E-state index contributed by atoms with van der Waals surface area (Å²) < 4.78 is 0. The van der Waals surface area contributed by atoms with Crippen molar-refractivity contribution in [3.05, 3.63) is 41.6 Å².